The van der Waals surface area contributed by atoms with Gasteiger partial charge in [-0.25, -0.2) is 4.39 Å². The first-order valence-electron chi connectivity index (χ1n) is 10.9. The molecule has 0 bridgehead atoms. The maximum Gasteiger partial charge on any atom is 0.262 e. The molecule has 5 nitrogen and oxygen atoms in total. The Hall–Kier alpha value is -4.32. The topological polar surface area (TPSA) is 50.8 Å². The third-order valence-electron chi connectivity index (χ3n) is 5.79. The number of benzene rings is 4. The third kappa shape index (κ3) is 4.18. The summed E-state index contributed by atoms with van der Waals surface area (Å²) < 4.78 is 24.6. The van der Waals surface area contributed by atoms with E-state index in [0.29, 0.717) is 17.1 Å². The lowest BCUT2D eigenvalue weighted by atomic mass is 10.0. The van der Waals surface area contributed by atoms with Gasteiger partial charge in [0.15, 0.2) is 0 Å². The van der Waals surface area contributed by atoms with Crippen molar-refractivity contribution in [1.82, 2.24) is 0 Å². The lowest BCUT2D eigenvalue weighted by molar-refractivity contribution is 0.0975. The molecule has 0 aliphatic carbocycles. The van der Waals surface area contributed by atoms with Gasteiger partial charge in [0.1, 0.15) is 30.1 Å². The first-order chi connectivity index (χ1) is 16.6. The molecular formula is C28H23FN2O3. The summed E-state index contributed by atoms with van der Waals surface area (Å²) in [5.41, 5.74) is 3.88. The van der Waals surface area contributed by atoms with Crippen LogP contribution in [0.15, 0.2) is 97.1 Å². The molecule has 1 aliphatic heterocycles. The van der Waals surface area contributed by atoms with Crippen molar-refractivity contribution in [1.29, 1.82) is 0 Å². The summed E-state index contributed by atoms with van der Waals surface area (Å²) in [6, 6.07) is 28.8. The summed E-state index contributed by atoms with van der Waals surface area (Å²) in [5, 5.41) is 3.52. The minimum atomic E-state index is -0.430. The monoisotopic (exact) mass is 454 g/mol. The van der Waals surface area contributed by atoms with Gasteiger partial charge in [-0.05, 0) is 66.2 Å². The number of halogens is 1. The molecule has 1 amide bonds. The Labute approximate surface area is 197 Å². The summed E-state index contributed by atoms with van der Waals surface area (Å²) in [6.07, 6.45) is -0.430. The Balaban J connectivity index is 1.52. The van der Waals surface area contributed by atoms with Gasteiger partial charge in [0.2, 0.25) is 0 Å². The molecule has 1 aliphatic rings. The molecule has 1 atom stereocenters. The van der Waals surface area contributed by atoms with Crippen LogP contribution in [-0.2, 0) is 6.61 Å². The van der Waals surface area contributed by atoms with Crippen molar-refractivity contribution < 1.29 is 18.7 Å². The van der Waals surface area contributed by atoms with Gasteiger partial charge in [0, 0.05) is 16.9 Å². The van der Waals surface area contributed by atoms with Crippen molar-refractivity contribution in [3.63, 3.8) is 0 Å². The van der Waals surface area contributed by atoms with Crippen LogP contribution in [0.4, 0.5) is 15.8 Å². The summed E-state index contributed by atoms with van der Waals surface area (Å²) >= 11 is 0. The Kier molecular flexibility index (Phi) is 5.87. The van der Waals surface area contributed by atoms with E-state index in [0.717, 1.165) is 22.5 Å². The number of ether oxygens (including phenoxy) is 2. The van der Waals surface area contributed by atoms with E-state index in [1.807, 2.05) is 72.8 Å². The van der Waals surface area contributed by atoms with Crippen molar-refractivity contribution in [3.05, 3.63) is 120 Å². The number of methoxy groups -OCH3 is 1. The molecule has 0 radical (unpaired) electrons. The van der Waals surface area contributed by atoms with Crippen molar-refractivity contribution in [2.24, 2.45) is 0 Å². The number of fused-ring (bicyclic) bond motifs is 1. The summed E-state index contributed by atoms with van der Waals surface area (Å²) in [7, 11) is 1.60. The second kappa shape index (κ2) is 9.27. The van der Waals surface area contributed by atoms with Gasteiger partial charge < -0.3 is 14.8 Å². The Morgan fingerprint density at radius 2 is 1.65 bits per heavy atom. The standard InChI is InChI=1S/C28H23FN2O3/c1-33-26-16-11-19(17-20(26)18-34-23-14-12-21(29)13-15-23)27-30-25-10-6-5-9-24(25)28(32)31(27)22-7-3-2-4-8-22/h2-17,27,30H,18H2,1H3/t27-/m0/s1. The number of rotatable bonds is 6. The lowest BCUT2D eigenvalue weighted by Crippen LogP contribution is -2.43. The van der Waals surface area contributed by atoms with Crippen LogP contribution in [0.2, 0.25) is 0 Å². The maximum atomic E-state index is 13.6. The molecule has 1 N–H and O–H groups in total. The van der Waals surface area contributed by atoms with Gasteiger partial charge >= 0.3 is 0 Å². The number of hydrogen-bond donors (Lipinski definition) is 1. The SMILES string of the molecule is COc1ccc([C@H]2Nc3ccccc3C(=O)N2c2ccccc2)cc1COc1ccc(F)cc1. The number of carbonyl (C=O) groups excluding carboxylic acids is 1. The van der Waals surface area contributed by atoms with Gasteiger partial charge in [-0.1, -0.05) is 36.4 Å². The van der Waals surface area contributed by atoms with Crippen molar-refractivity contribution in [2.45, 2.75) is 12.8 Å². The number of para-hydroxylation sites is 2. The van der Waals surface area contributed by atoms with Crippen LogP contribution in [-0.4, -0.2) is 13.0 Å². The maximum absolute atomic E-state index is 13.6. The second-order valence-corrected chi connectivity index (χ2v) is 7.92. The highest BCUT2D eigenvalue weighted by Crippen LogP contribution is 2.37. The number of nitrogens with one attached hydrogen (secondary N) is 1. The van der Waals surface area contributed by atoms with Crippen molar-refractivity contribution >= 4 is 17.3 Å². The van der Waals surface area contributed by atoms with E-state index in [-0.39, 0.29) is 18.3 Å². The average molecular weight is 455 g/mol. The van der Waals surface area contributed by atoms with Crippen LogP contribution < -0.4 is 19.7 Å². The molecule has 4 aromatic rings. The molecule has 0 unspecified atom stereocenters. The smallest absolute Gasteiger partial charge is 0.262 e. The number of nitrogens with zero attached hydrogens (tertiary/aromatic N) is 1. The zero-order valence-electron chi connectivity index (χ0n) is 18.6. The number of anilines is 2. The molecule has 5 rings (SSSR count). The second-order valence-electron chi connectivity index (χ2n) is 7.92. The van der Waals surface area contributed by atoms with E-state index >= 15 is 0 Å². The predicted octanol–water partition coefficient (Wildman–Crippen LogP) is 6.18. The quantitative estimate of drug-likeness (QED) is 0.378. The zero-order valence-corrected chi connectivity index (χ0v) is 18.6. The van der Waals surface area contributed by atoms with E-state index < -0.39 is 6.17 Å². The van der Waals surface area contributed by atoms with E-state index in [1.165, 1.54) is 12.1 Å². The van der Waals surface area contributed by atoms with E-state index in [2.05, 4.69) is 5.32 Å². The third-order valence-corrected chi connectivity index (χ3v) is 5.79. The van der Waals surface area contributed by atoms with Crippen LogP contribution >= 0.6 is 0 Å². The minimum Gasteiger partial charge on any atom is -0.496 e. The van der Waals surface area contributed by atoms with Crippen molar-refractivity contribution in [3.8, 4) is 11.5 Å². The van der Waals surface area contributed by atoms with Gasteiger partial charge in [-0.2, -0.15) is 0 Å². The molecule has 4 aromatic carbocycles. The molecule has 1 heterocycles. The van der Waals surface area contributed by atoms with E-state index in [1.54, 1.807) is 24.1 Å². The minimum absolute atomic E-state index is 0.0783. The number of amides is 1. The Bertz CT molecular complexity index is 1310. The summed E-state index contributed by atoms with van der Waals surface area (Å²) in [4.78, 5) is 15.3. The van der Waals surface area contributed by atoms with Crippen LogP contribution in [0.25, 0.3) is 0 Å². The van der Waals surface area contributed by atoms with Crippen molar-refractivity contribution in [2.75, 3.05) is 17.3 Å². The first-order valence-corrected chi connectivity index (χ1v) is 10.9. The molecule has 170 valence electrons. The fourth-order valence-corrected chi connectivity index (χ4v) is 4.11. The highest BCUT2D eigenvalue weighted by atomic mass is 19.1. The van der Waals surface area contributed by atoms with Crippen LogP contribution in [0.5, 0.6) is 11.5 Å². The first kappa shape index (κ1) is 21.5. The number of hydrogen-bond acceptors (Lipinski definition) is 4. The molecular weight excluding hydrogens is 431 g/mol. The fraction of sp³-hybridized carbons (Fsp3) is 0.107. The molecule has 0 fully saturated rings. The van der Waals surface area contributed by atoms with Crippen LogP contribution in [0.3, 0.4) is 0 Å². The molecule has 0 saturated heterocycles. The molecule has 6 heteroatoms. The van der Waals surface area contributed by atoms with E-state index in [4.69, 9.17) is 9.47 Å². The molecule has 0 spiro atoms. The normalized spacial score (nSPS) is 14.8. The molecule has 0 saturated carbocycles. The van der Waals surface area contributed by atoms with Gasteiger partial charge in [-0.3, -0.25) is 9.69 Å². The highest BCUT2D eigenvalue weighted by Gasteiger charge is 2.34. The lowest BCUT2D eigenvalue weighted by Gasteiger charge is -2.38. The van der Waals surface area contributed by atoms with Gasteiger partial charge in [-0.15, -0.1) is 0 Å². The Morgan fingerprint density at radius 1 is 0.912 bits per heavy atom. The predicted molar refractivity (Wildman–Crippen MR) is 130 cm³/mol. The number of carbonyl (C=O) groups is 1. The Morgan fingerprint density at radius 3 is 2.41 bits per heavy atom. The highest BCUT2D eigenvalue weighted by molar-refractivity contribution is 6.12. The average Bonchev–Trinajstić information content (AvgIpc) is 2.88. The van der Waals surface area contributed by atoms with Crippen LogP contribution in [0.1, 0.15) is 27.7 Å². The summed E-state index contributed by atoms with van der Waals surface area (Å²) in [5.74, 6) is 0.825. The largest absolute Gasteiger partial charge is 0.496 e. The van der Waals surface area contributed by atoms with Gasteiger partial charge in [0.05, 0.1) is 12.7 Å². The molecule has 34 heavy (non-hydrogen) atoms. The van der Waals surface area contributed by atoms with Crippen LogP contribution in [0, 0.1) is 5.82 Å². The molecule has 0 aromatic heterocycles. The van der Waals surface area contributed by atoms with Gasteiger partial charge in [0.25, 0.3) is 5.91 Å². The summed E-state index contributed by atoms with van der Waals surface area (Å²) in [6.45, 7) is 0.227. The van der Waals surface area contributed by atoms with E-state index in [9.17, 15) is 9.18 Å². The fourth-order valence-electron chi connectivity index (χ4n) is 4.11. The zero-order chi connectivity index (χ0) is 23.5.